The molecule has 2 rings (SSSR count). The van der Waals surface area contributed by atoms with E-state index in [1.165, 1.54) is 11.3 Å². The van der Waals surface area contributed by atoms with E-state index in [1.807, 2.05) is 23.6 Å². The number of hydrogen-bond acceptors (Lipinski definition) is 3. The number of ketones is 1. The van der Waals surface area contributed by atoms with E-state index in [9.17, 15) is 4.79 Å². The lowest BCUT2D eigenvalue weighted by atomic mass is 10.1. The summed E-state index contributed by atoms with van der Waals surface area (Å²) < 4.78 is 5.05. The van der Waals surface area contributed by atoms with E-state index in [0.717, 1.165) is 11.3 Å². The fourth-order valence-corrected chi connectivity index (χ4v) is 2.50. The zero-order valence-electron chi connectivity index (χ0n) is 9.27. The van der Waals surface area contributed by atoms with Gasteiger partial charge in [-0.1, -0.05) is 23.7 Å². The SMILES string of the molecule is COc1csc(C(=O)Cc2cccc(Cl)c2)c1. The third kappa shape index (κ3) is 3.08. The standard InChI is InChI=1S/C13H11ClO2S/c1-16-11-7-13(17-8-11)12(15)6-9-3-2-4-10(14)5-9/h2-5,7-8H,6H2,1H3. The second kappa shape index (κ2) is 5.34. The molecule has 2 nitrogen and oxygen atoms in total. The largest absolute Gasteiger partial charge is 0.496 e. The second-order valence-electron chi connectivity index (χ2n) is 3.58. The predicted molar refractivity (Wildman–Crippen MR) is 70.4 cm³/mol. The summed E-state index contributed by atoms with van der Waals surface area (Å²) in [6.45, 7) is 0. The molecule has 0 amide bonds. The Morgan fingerprint density at radius 1 is 1.41 bits per heavy atom. The summed E-state index contributed by atoms with van der Waals surface area (Å²) in [5, 5.41) is 2.48. The van der Waals surface area contributed by atoms with Gasteiger partial charge in [-0.2, -0.15) is 0 Å². The molecule has 0 saturated carbocycles. The maximum Gasteiger partial charge on any atom is 0.177 e. The maximum absolute atomic E-state index is 12.0. The van der Waals surface area contributed by atoms with Crippen LogP contribution in [0, 0.1) is 0 Å². The van der Waals surface area contributed by atoms with Gasteiger partial charge in [0.25, 0.3) is 0 Å². The van der Waals surface area contributed by atoms with Gasteiger partial charge in [0.1, 0.15) is 5.75 Å². The van der Waals surface area contributed by atoms with Crippen LogP contribution in [0.25, 0.3) is 0 Å². The van der Waals surface area contributed by atoms with Gasteiger partial charge in [-0.3, -0.25) is 4.79 Å². The van der Waals surface area contributed by atoms with Crippen LogP contribution in [0.2, 0.25) is 5.02 Å². The quantitative estimate of drug-likeness (QED) is 0.786. The Labute approximate surface area is 109 Å². The van der Waals surface area contributed by atoms with E-state index in [4.69, 9.17) is 16.3 Å². The molecule has 0 aliphatic carbocycles. The molecular formula is C13H11ClO2S. The number of Topliss-reactive ketones (excluding diaryl/α,β-unsaturated/α-hetero) is 1. The van der Waals surface area contributed by atoms with E-state index in [2.05, 4.69) is 0 Å². The summed E-state index contributed by atoms with van der Waals surface area (Å²) in [7, 11) is 1.59. The Bertz CT molecular complexity index is 534. The molecule has 0 saturated heterocycles. The molecule has 1 heterocycles. The molecule has 1 aromatic heterocycles. The third-order valence-electron chi connectivity index (χ3n) is 2.34. The van der Waals surface area contributed by atoms with Crippen molar-refractivity contribution in [1.29, 1.82) is 0 Å². The van der Waals surface area contributed by atoms with Crippen LogP contribution >= 0.6 is 22.9 Å². The highest BCUT2D eigenvalue weighted by atomic mass is 35.5. The van der Waals surface area contributed by atoms with Gasteiger partial charge < -0.3 is 4.74 Å². The molecule has 0 aliphatic rings. The normalized spacial score (nSPS) is 10.2. The van der Waals surface area contributed by atoms with Crippen molar-refractivity contribution in [3.8, 4) is 5.75 Å². The van der Waals surface area contributed by atoms with Crippen LogP contribution in [-0.2, 0) is 6.42 Å². The lowest BCUT2D eigenvalue weighted by molar-refractivity contribution is 0.0996. The number of benzene rings is 1. The molecule has 0 bridgehead atoms. The Morgan fingerprint density at radius 2 is 2.24 bits per heavy atom. The molecule has 0 fully saturated rings. The number of methoxy groups -OCH3 is 1. The van der Waals surface area contributed by atoms with E-state index in [-0.39, 0.29) is 5.78 Å². The van der Waals surface area contributed by atoms with Crippen LogP contribution in [0.15, 0.2) is 35.7 Å². The van der Waals surface area contributed by atoms with E-state index >= 15 is 0 Å². The predicted octanol–water partition coefficient (Wildman–Crippen LogP) is 3.84. The molecule has 0 radical (unpaired) electrons. The van der Waals surface area contributed by atoms with Gasteiger partial charge in [0.2, 0.25) is 0 Å². The van der Waals surface area contributed by atoms with Gasteiger partial charge in [0, 0.05) is 22.9 Å². The Balaban J connectivity index is 2.11. The smallest absolute Gasteiger partial charge is 0.177 e. The molecule has 0 spiro atoms. The fourth-order valence-electron chi connectivity index (χ4n) is 1.49. The van der Waals surface area contributed by atoms with Crippen molar-refractivity contribution in [3.05, 3.63) is 51.2 Å². The molecular weight excluding hydrogens is 256 g/mol. The van der Waals surface area contributed by atoms with Crippen molar-refractivity contribution in [3.63, 3.8) is 0 Å². The average Bonchev–Trinajstić information content (AvgIpc) is 2.77. The highest BCUT2D eigenvalue weighted by molar-refractivity contribution is 7.12. The van der Waals surface area contributed by atoms with Crippen molar-refractivity contribution in [1.82, 2.24) is 0 Å². The van der Waals surface area contributed by atoms with Crippen molar-refractivity contribution in [2.75, 3.05) is 7.11 Å². The minimum atomic E-state index is 0.0839. The van der Waals surface area contributed by atoms with Gasteiger partial charge in [-0.15, -0.1) is 11.3 Å². The summed E-state index contributed by atoms with van der Waals surface area (Å²) in [5.41, 5.74) is 0.926. The van der Waals surface area contributed by atoms with Crippen LogP contribution in [0.4, 0.5) is 0 Å². The Kier molecular flexibility index (Phi) is 3.82. The average molecular weight is 267 g/mol. The van der Waals surface area contributed by atoms with Crippen molar-refractivity contribution in [2.45, 2.75) is 6.42 Å². The number of carbonyl (C=O) groups excluding carboxylic acids is 1. The highest BCUT2D eigenvalue weighted by Crippen LogP contribution is 2.23. The molecule has 1 aromatic carbocycles. The molecule has 0 N–H and O–H groups in total. The lowest BCUT2D eigenvalue weighted by Crippen LogP contribution is -2.00. The minimum Gasteiger partial charge on any atom is -0.496 e. The minimum absolute atomic E-state index is 0.0839. The van der Waals surface area contributed by atoms with E-state index in [1.54, 1.807) is 19.2 Å². The van der Waals surface area contributed by atoms with Gasteiger partial charge in [0.05, 0.1) is 12.0 Å². The van der Waals surface area contributed by atoms with E-state index < -0.39 is 0 Å². The van der Waals surface area contributed by atoms with Gasteiger partial charge in [0.15, 0.2) is 5.78 Å². The van der Waals surface area contributed by atoms with Crippen LogP contribution < -0.4 is 4.74 Å². The zero-order valence-corrected chi connectivity index (χ0v) is 10.8. The Hall–Kier alpha value is -1.32. The Morgan fingerprint density at radius 3 is 2.88 bits per heavy atom. The number of halogens is 1. The second-order valence-corrected chi connectivity index (χ2v) is 4.93. The molecule has 88 valence electrons. The zero-order chi connectivity index (χ0) is 12.3. The number of thiophene rings is 1. The topological polar surface area (TPSA) is 26.3 Å². The summed E-state index contributed by atoms with van der Waals surface area (Å²) >= 11 is 7.27. The van der Waals surface area contributed by atoms with Crippen LogP contribution in [0.3, 0.4) is 0 Å². The van der Waals surface area contributed by atoms with Crippen LogP contribution in [-0.4, -0.2) is 12.9 Å². The molecule has 17 heavy (non-hydrogen) atoms. The van der Waals surface area contributed by atoms with Gasteiger partial charge in [-0.25, -0.2) is 0 Å². The van der Waals surface area contributed by atoms with Crippen molar-refractivity contribution < 1.29 is 9.53 Å². The first-order valence-corrected chi connectivity index (χ1v) is 6.35. The summed E-state index contributed by atoms with van der Waals surface area (Å²) in [4.78, 5) is 12.7. The number of ether oxygens (including phenoxy) is 1. The fraction of sp³-hybridized carbons (Fsp3) is 0.154. The molecule has 0 aliphatic heterocycles. The first-order chi connectivity index (χ1) is 8.19. The monoisotopic (exact) mass is 266 g/mol. The van der Waals surface area contributed by atoms with Crippen LogP contribution in [0.1, 0.15) is 15.2 Å². The number of hydrogen-bond donors (Lipinski definition) is 0. The highest BCUT2D eigenvalue weighted by Gasteiger charge is 2.10. The van der Waals surface area contributed by atoms with Crippen molar-refractivity contribution in [2.24, 2.45) is 0 Å². The first-order valence-electron chi connectivity index (χ1n) is 5.09. The first kappa shape index (κ1) is 12.1. The lowest BCUT2D eigenvalue weighted by Gasteiger charge is -1.99. The summed E-state index contributed by atoms with van der Waals surface area (Å²) in [6, 6.07) is 9.11. The van der Waals surface area contributed by atoms with E-state index in [0.29, 0.717) is 16.3 Å². The maximum atomic E-state index is 12.0. The third-order valence-corrected chi connectivity index (χ3v) is 3.52. The number of rotatable bonds is 4. The van der Waals surface area contributed by atoms with Crippen molar-refractivity contribution >= 4 is 28.7 Å². The summed E-state index contributed by atoms with van der Waals surface area (Å²) in [6.07, 6.45) is 0.365. The molecule has 2 aromatic rings. The van der Waals surface area contributed by atoms with Gasteiger partial charge >= 0.3 is 0 Å². The summed E-state index contributed by atoms with van der Waals surface area (Å²) in [5.74, 6) is 0.810. The molecule has 0 unspecified atom stereocenters. The molecule has 4 heteroatoms. The number of carbonyl (C=O) groups is 1. The van der Waals surface area contributed by atoms with Gasteiger partial charge in [-0.05, 0) is 17.7 Å². The van der Waals surface area contributed by atoms with Crippen LogP contribution in [0.5, 0.6) is 5.75 Å². The molecule has 0 atom stereocenters.